The Morgan fingerprint density at radius 1 is 1.30 bits per heavy atom. The van der Waals surface area contributed by atoms with Crippen molar-refractivity contribution in [1.82, 2.24) is 9.80 Å². The lowest BCUT2D eigenvalue weighted by molar-refractivity contribution is -0.131. The maximum absolute atomic E-state index is 12.1. The summed E-state index contributed by atoms with van der Waals surface area (Å²) in [5, 5.41) is 13.6. The van der Waals surface area contributed by atoms with Crippen molar-refractivity contribution in [2.24, 2.45) is 5.14 Å². The molecule has 0 saturated heterocycles. The predicted molar refractivity (Wildman–Crippen MR) is 86.7 cm³/mol. The molecule has 1 amide bonds. The number of likely N-dealkylation sites (N-methyl/N-ethyl adjacent to an activating group) is 2. The van der Waals surface area contributed by atoms with Crippen molar-refractivity contribution in [2.75, 3.05) is 27.2 Å². The molecule has 23 heavy (non-hydrogen) atoms. The van der Waals surface area contributed by atoms with Gasteiger partial charge in [-0.15, -0.1) is 0 Å². The molecular formula is C15H22N4O3S. The highest BCUT2D eigenvalue weighted by Gasteiger charge is 2.18. The fourth-order valence-corrected chi connectivity index (χ4v) is 2.52. The Balaban J connectivity index is 2.71. The average molecular weight is 338 g/mol. The molecular weight excluding hydrogens is 316 g/mol. The molecule has 1 aromatic rings. The van der Waals surface area contributed by atoms with E-state index in [1.807, 2.05) is 24.9 Å². The fraction of sp³-hybridized carbons (Fsp3) is 0.467. The lowest BCUT2D eigenvalue weighted by Crippen LogP contribution is -2.38. The molecule has 0 fully saturated rings. The van der Waals surface area contributed by atoms with Crippen LogP contribution in [-0.2, 0) is 14.8 Å². The van der Waals surface area contributed by atoms with Crippen LogP contribution in [0.1, 0.15) is 24.9 Å². The second kappa shape index (κ2) is 8.06. The van der Waals surface area contributed by atoms with E-state index in [2.05, 4.69) is 0 Å². The van der Waals surface area contributed by atoms with Gasteiger partial charge in [0.25, 0.3) is 0 Å². The van der Waals surface area contributed by atoms with Gasteiger partial charge >= 0.3 is 0 Å². The first kappa shape index (κ1) is 19.1. The number of nitriles is 1. The average Bonchev–Trinajstić information content (AvgIpc) is 2.50. The van der Waals surface area contributed by atoms with Gasteiger partial charge < -0.3 is 4.90 Å². The molecule has 0 aromatic heterocycles. The second-order valence-electron chi connectivity index (χ2n) is 5.43. The van der Waals surface area contributed by atoms with E-state index in [1.54, 1.807) is 19.2 Å². The summed E-state index contributed by atoms with van der Waals surface area (Å²) in [5.41, 5.74) is 0.882. The largest absolute Gasteiger partial charge is 0.344 e. The van der Waals surface area contributed by atoms with Gasteiger partial charge in [-0.05, 0) is 31.7 Å². The summed E-state index contributed by atoms with van der Waals surface area (Å²) in [7, 11) is -0.226. The fourth-order valence-electron chi connectivity index (χ4n) is 2.00. The minimum atomic E-state index is -3.71. The van der Waals surface area contributed by atoms with Crippen LogP contribution < -0.4 is 5.14 Å². The first-order valence-electron chi connectivity index (χ1n) is 7.10. The first-order valence-corrected chi connectivity index (χ1v) is 8.65. The van der Waals surface area contributed by atoms with Crippen molar-refractivity contribution in [3.63, 3.8) is 0 Å². The second-order valence-corrected chi connectivity index (χ2v) is 6.99. The van der Waals surface area contributed by atoms with Crippen molar-refractivity contribution in [2.45, 2.75) is 24.3 Å². The quantitative estimate of drug-likeness (QED) is 0.787. The molecule has 0 aliphatic rings. The Labute approximate surface area is 137 Å². The molecule has 0 heterocycles. The molecule has 0 bridgehead atoms. The molecule has 0 saturated carbocycles. The van der Waals surface area contributed by atoms with Crippen molar-refractivity contribution in [3.8, 4) is 6.07 Å². The van der Waals surface area contributed by atoms with Gasteiger partial charge in [0, 0.05) is 19.6 Å². The summed E-state index contributed by atoms with van der Waals surface area (Å²) in [6.07, 6.45) is 0.302. The van der Waals surface area contributed by atoms with Crippen LogP contribution in [0.2, 0.25) is 0 Å². The Morgan fingerprint density at radius 2 is 1.87 bits per heavy atom. The number of amides is 1. The summed E-state index contributed by atoms with van der Waals surface area (Å²) >= 11 is 0. The lowest BCUT2D eigenvalue weighted by atomic mass is 10.1. The third-order valence-corrected chi connectivity index (χ3v) is 4.65. The lowest BCUT2D eigenvalue weighted by Gasteiger charge is -2.26. The van der Waals surface area contributed by atoms with Gasteiger partial charge in [0.05, 0.1) is 23.9 Å². The molecule has 2 N–H and O–H groups in total. The van der Waals surface area contributed by atoms with Crippen molar-refractivity contribution in [3.05, 3.63) is 29.8 Å². The SMILES string of the molecule is CC(c1ccc(S(N)(=O)=O)cc1)N(C)CC(=O)N(C)CCC#N. The van der Waals surface area contributed by atoms with E-state index in [0.29, 0.717) is 13.0 Å². The van der Waals surface area contributed by atoms with Crippen LogP contribution in [0.25, 0.3) is 0 Å². The molecule has 1 rings (SSSR count). The molecule has 1 unspecified atom stereocenters. The molecule has 0 aliphatic carbocycles. The monoisotopic (exact) mass is 338 g/mol. The summed E-state index contributed by atoms with van der Waals surface area (Å²) in [4.78, 5) is 15.5. The summed E-state index contributed by atoms with van der Waals surface area (Å²) in [6, 6.07) is 8.21. The zero-order chi connectivity index (χ0) is 17.6. The van der Waals surface area contributed by atoms with E-state index in [0.717, 1.165) is 5.56 Å². The van der Waals surface area contributed by atoms with Crippen LogP contribution in [0, 0.1) is 11.3 Å². The molecule has 8 heteroatoms. The van der Waals surface area contributed by atoms with Crippen molar-refractivity contribution in [1.29, 1.82) is 5.26 Å². The Bertz CT molecular complexity index is 680. The summed E-state index contributed by atoms with van der Waals surface area (Å²) in [6.45, 7) is 2.54. The standard InChI is InChI=1S/C15H22N4O3S/c1-12(13-5-7-14(8-6-13)23(17,21)22)19(3)11-15(20)18(2)10-4-9-16/h5-8,12H,4,10-11H2,1-3H3,(H2,17,21,22). The highest BCUT2D eigenvalue weighted by molar-refractivity contribution is 7.89. The zero-order valence-corrected chi connectivity index (χ0v) is 14.4. The van der Waals surface area contributed by atoms with Gasteiger partial charge in [0.1, 0.15) is 0 Å². The van der Waals surface area contributed by atoms with Crippen LogP contribution >= 0.6 is 0 Å². The van der Waals surface area contributed by atoms with Gasteiger partial charge in [0.15, 0.2) is 0 Å². The van der Waals surface area contributed by atoms with E-state index in [4.69, 9.17) is 10.4 Å². The van der Waals surface area contributed by atoms with Gasteiger partial charge in [-0.2, -0.15) is 5.26 Å². The van der Waals surface area contributed by atoms with E-state index in [1.165, 1.54) is 17.0 Å². The topological polar surface area (TPSA) is 108 Å². The number of nitrogens with zero attached hydrogens (tertiary/aromatic N) is 3. The maximum atomic E-state index is 12.1. The number of primary sulfonamides is 1. The highest BCUT2D eigenvalue weighted by atomic mass is 32.2. The van der Waals surface area contributed by atoms with E-state index >= 15 is 0 Å². The van der Waals surface area contributed by atoms with Crippen molar-refractivity contribution < 1.29 is 13.2 Å². The summed E-state index contributed by atoms with van der Waals surface area (Å²) < 4.78 is 22.5. The number of nitrogens with two attached hydrogens (primary N) is 1. The maximum Gasteiger partial charge on any atom is 0.238 e. The van der Waals surface area contributed by atoms with Crippen LogP contribution in [-0.4, -0.2) is 51.3 Å². The Morgan fingerprint density at radius 3 is 2.35 bits per heavy atom. The number of carbonyl (C=O) groups excluding carboxylic acids is 1. The highest BCUT2D eigenvalue weighted by Crippen LogP contribution is 2.20. The van der Waals surface area contributed by atoms with Gasteiger partial charge in [-0.1, -0.05) is 12.1 Å². The number of benzene rings is 1. The van der Waals surface area contributed by atoms with Crippen LogP contribution in [0.3, 0.4) is 0 Å². The number of hydrogen-bond acceptors (Lipinski definition) is 5. The Kier molecular flexibility index (Phi) is 6.69. The zero-order valence-electron chi connectivity index (χ0n) is 13.6. The first-order chi connectivity index (χ1) is 10.7. The molecule has 0 aliphatic heterocycles. The molecule has 1 aromatic carbocycles. The van der Waals surface area contributed by atoms with E-state index < -0.39 is 10.0 Å². The number of carbonyl (C=O) groups is 1. The van der Waals surface area contributed by atoms with Crippen molar-refractivity contribution >= 4 is 15.9 Å². The molecule has 7 nitrogen and oxygen atoms in total. The molecule has 1 atom stereocenters. The van der Waals surface area contributed by atoms with E-state index in [9.17, 15) is 13.2 Å². The molecule has 0 spiro atoms. The normalized spacial score (nSPS) is 12.7. The smallest absolute Gasteiger partial charge is 0.238 e. The van der Waals surface area contributed by atoms with E-state index in [-0.39, 0.29) is 23.4 Å². The molecule has 126 valence electrons. The predicted octanol–water partition coefficient (Wildman–Crippen LogP) is 0.699. The van der Waals surface area contributed by atoms with Crippen LogP contribution in [0.4, 0.5) is 0 Å². The number of rotatable bonds is 7. The van der Waals surface area contributed by atoms with Crippen LogP contribution in [0.5, 0.6) is 0 Å². The summed E-state index contributed by atoms with van der Waals surface area (Å²) in [5.74, 6) is -0.0734. The number of sulfonamides is 1. The minimum Gasteiger partial charge on any atom is -0.344 e. The van der Waals surface area contributed by atoms with Crippen LogP contribution in [0.15, 0.2) is 29.2 Å². The van der Waals surface area contributed by atoms with Gasteiger partial charge in [-0.3, -0.25) is 9.69 Å². The van der Waals surface area contributed by atoms with Gasteiger partial charge in [-0.25, -0.2) is 13.6 Å². The third-order valence-electron chi connectivity index (χ3n) is 3.72. The number of hydrogen-bond donors (Lipinski definition) is 1. The third kappa shape index (κ3) is 5.63. The molecule has 0 radical (unpaired) electrons. The Hall–Kier alpha value is -1.95. The minimum absolute atomic E-state index is 0.0587. The van der Waals surface area contributed by atoms with Gasteiger partial charge in [0.2, 0.25) is 15.9 Å².